The van der Waals surface area contributed by atoms with Crippen molar-refractivity contribution in [2.45, 2.75) is 18.2 Å². The van der Waals surface area contributed by atoms with Gasteiger partial charge in [0.05, 0.1) is 19.5 Å². The molecule has 0 bridgehead atoms. The SMILES string of the molecule is CC(CC(=O)Oc1cc(I)c(S(=O)(=O)O)c(I)c1)C(=O)Oc1c(I)cc(I)cc1I. The van der Waals surface area contributed by atoms with Gasteiger partial charge in [-0.15, -0.1) is 0 Å². The van der Waals surface area contributed by atoms with Crippen LogP contribution < -0.4 is 9.47 Å². The standard InChI is InChI=1S/C17H11I5O7S/c1-7(17(24)29-15-10(19)3-8(18)4-11(15)20)2-14(23)28-9-5-12(21)16(13(22)6-9)30(25,26)27/h3-7H,2H2,1H3,(H,25,26,27). The quantitative estimate of drug-likeness (QED) is 0.177. The molecule has 1 N–H and O–H groups in total. The number of benzene rings is 2. The Morgan fingerprint density at radius 1 is 0.933 bits per heavy atom. The molecule has 1 unspecified atom stereocenters. The first-order valence-corrected chi connectivity index (χ1v) is 14.7. The van der Waals surface area contributed by atoms with Crippen LogP contribution in [0.25, 0.3) is 0 Å². The first-order chi connectivity index (χ1) is 13.8. The molecular formula is C17H11I5O7S. The van der Waals surface area contributed by atoms with Gasteiger partial charge in [-0.3, -0.25) is 14.1 Å². The topological polar surface area (TPSA) is 107 Å². The summed E-state index contributed by atoms with van der Waals surface area (Å²) in [6.45, 7) is 1.56. The summed E-state index contributed by atoms with van der Waals surface area (Å²) in [4.78, 5) is 24.4. The van der Waals surface area contributed by atoms with Gasteiger partial charge in [-0.25, -0.2) is 0 Å². The fourth-order valence-electron chi connectivity index (χ4n) is 2.18. The van der Waals surface area contributed by atoms with Crippen LogP contribution in [0.15, 0.2) is 29.2 Å². The summed E-state index contributed by atoms with van der Waals surface area (Å²) in [6, 6.07) is 6.40. The minimum Gasteiger partial charge on any atom is -0.426 e. The predicted molar refractivity (Wildman–Crippen MR) is 151 cm³/mol. The molecule has 13 heteroatoms. The Labute approximate surface area is 241 Å². The molecule has 7 nitrogen and oxygen atoms in total. The van der Waals surface area contributed by atoms with Crippen LogP contribution in [-0.4, -0.2) is 24.9 Å². The van der Waals surface area contributed by atoms with E-state index in [4.69, 9.17) is 9.47 Å². The second kappa shape index (κ2) is 11.4. The summed E-state index contributed by atoms with van der Waals surface area (Å²) < 4.78 is 45.9. The lowest BCUT2D eigenvalue weighted by Crippen LogP contribution is -2.23. The van der Waals surface area contributed by atoms with Crippen molar-refractivity contribution in [3.05, 3.63) is 42.1 Å². The first-order valence-electron chi connectivity index (χ1n) is 7.83. The lowest BCUT2D eigenvalue weighted by Gasteiger charge is -2.14. The highest BCUT2D eigenvalue weighted by Crippen LogP contribution is 2.31. The van der Waals surface area contributed by atoms with Gasteiger partial charge in [0.2, 0.25) is 0 Å². The highest BCUT2D eigenvalue weighted by Gasteiger charge is 2.24. The third-order valence-electron chi connectivity index (χ3n) is 3.50. The molecular weight excluding hydrogens is 983 g/mol. The molecule has 0 heterocycles. The van der Waals surface area contributed by atoms with Gasteiger partial charge in [0.1, 0.15) is 10.6 Å². The van der Waals surface area contributed by atoms with Gasteiger partial charge in [0.25, 0.3) is 10.1 Å². The fourth-order valence-corrected chi connectivity index (χ4v) is 9.97. The maximum atomic E-state index is 12.4. The molecule has 0 amide bonds. The van der Waals surface area contributed by atoms with Crippen LogP contribution in [-0.2, 0) is 19.7 Å². The summed E-state index contributed by atoms with van der Waals surface area (Å²) in [7, 11) is -4.40. The minimum atomic E-state index is -4.40. The van der Waals surface area contributed by atoms with Crippen LogP contribution in [0, 0.1) is 23.8 Å². The Bertz CT molecular complexity index is 1070. The zero-order chi connectivity index (χ0) is 22.8. The maximum absolute atomic E-state index is 12.4. The van der Waals surface area contributed by atoms with E-state index in [0.717, 1.165) is 10.7 Å². The second-order valence-electron chi connectivity index (χ2n) is 5.89. The maximum Gasteiger partial charge on any atom is 0.314 e. The summed E-state index contributed by atoms with van der Waals surface area (Å²) >= 11 is 9.80. The summed E-state index contributed by atoms with van der Waals surface area (Å²) in [5.41, 5.74) is 0. The van der Waals surface area contributed by atoms with E-state index >= 15 is 0 Å². The number of ether oxygens (including phenoxy) is 2. The molecule has 0 aromatic heterocycles. The van der Waals surface area contributed by atoms with Crippen LogP contribution >= 0.6 is 113 Å². The summed E-state index contributed by atoms with van der Waals surface area (Å²) in [5, 5.41) is 0. The number of hydrogen-bond acceptors (Lipinski definition) is 6. The molecule has 0 aliphatic rings. The van der Waals surface area contributed by atoms with Gasteiger partial charge < -0.3 is 9.47 Å². The van der Waals surface area contributed by atoms with Gasteiger partial charge in [-0.05, 0) is 137 Å². The highest BCUT2D eigenvalue weighted by atomic mass is 127. The summed E-state index contributed by atoms with van der Waals surface area (Å²) in [6.07, 6.45) is -0.219. The number of rotatable bonds is 6. The summed E-state index contributed by atoms with van der Waals surface area (Å²) in [5.74, 6) is -1.42. The molecule has 2 aromatic rings. The number of esters is 2. The smallest absolute Gasteiger partial charge is 0.314 e. The van der Waals surface area contributed by atoms with Crippen LogP contribution in [0.4, 0.5) is 0 Å². The Balaban J connectivity index is 2.07. The highest BCUT2D eigenvalue weighted by molar-refractivity contribution is 14.1. The van der Waals surface area contributed by atoms with Crippen LogP contribution in [0.3, 0.4) is 0 Å². The number of hydrogen-bond donors (Lipinski definition) is 1. The lowest BCUT2D eigenvalue weighted by molar-refractivity contribution is -0.144. The Kier molecular flexibility index (Phi) is 10.3. The fraction of sp³-hybridized carbons (Fsp3) is 0.176. The van der Waals surface area contributed by atoms with Crippen LogP contribution in [0.1, 0.15) is 13.3 Å². The molecule has 0 aliphatic carbocycles. The van der Waals surface area contributed by atoms with E-state index in [1.165, 1.54) is 12.1 Å². The van der Waals surface area contributed by atoms with Gasteiger partial charge >= 0.3 is 11.9 Å². The monoisotopic (exact) mass is 994 g/mol. The van der Waals surface area contributed by atoms with Crippen molar-refractivity contribution in [3.63, 3.8) is 0 Å². The normalized spacial score (nSPS) is 12.4. The molecule has 0 saturated heterocycles. The van der Waals surface area contributed by atoms with Crippen molar-refractivity contribution in [3.8, 4) is 11.5 Å². The van der Waals surface area contributed by atoms with Crippen molar-refractivity contribution >= 4 is 135 Å². The minimum absolute atomic E-state index is 0.114. The second-order valence-corrected chi connectivity index (χ2v) is 13.1. The molecule has 0 radical (unpaired) electrons. The van der Waals surface area contributed by atoms with E-state index < -0.39 is 28.0 Å². The zero-order valence-corrected chi connectivity index (χ0v) is 26.4. The lowest BCUT2D eigenvalue weighted by atomic mass is 10.1. The van der Waals surface area contributed by atoms with Crippen LogP contribution in [0.2, 0.25) is 0 Å². The molecule has 0 saturated carbocycles. The molecule has 0 fully saturated rings. The van der Waals surface area contributed by atoms with Crippen molar-refractivity contribution in [1.82, 2.24) is 0 Å². The Morgan fingerprint density at radius 2 is 1.43 bits per heavy atom. The van der Waals surface area contributed by atoms with Gasteiger partial charge in [-0.2, -0.15) is 8.42 Å². The number of carbonyl (C=O) groups is 2. The Morgan fingerprint density at radius 3 is 1.90 bits per heavy atom. The van der Waals surface area contributed by atoms with E-state index in [1.807, 2.05) is 12.1 Å². The average Bonchev–Trinajstić information content (AvgIpc) is 2.55. The average molecular weight is 994 g/mol. The molecule has 162 valence electrons. The number of halogens is 5. The number of carbonyl (C=O) groups excluding carboxylic acids is 2. The van der Waals surface area contributed by atoms with E-state index in [0.29, 0.717) is 5.75 Å². The van der Waals surface area contributed by atoms with Gasteiger partial charge in [0.15, 0.2) is 5.75 Å². The molecule has 2 aromatic carbocycles. The van der Waals surface area contributed by atoms with E-state index in [1.54, 1.807) is 52.1 Å². The third-order valence-corrected chi connectivity index (χ3v) is 9.12. The molecule has 2 rings (SSSR count). The molecule has 1 atom stereocenters. The van der Waals surface area contributed by atoms with Crippen molar-refractivity contribution in [1.29, 1.82) is 0 Å². The molecule has 0 spiro atoms. The first kappa shape index (κ1) is 27.2. The van der Waals surface area contributed by atoms with Crippen LogP contribution in [0.5, 0.6) is 11.5 Å². The third kappa shape index (κ3) is 7.48. The zero-order valence-electron chi connectivity index (χ0n) is 14.8. The molecule has 30 heavy (non-hydrogen) atoms. The van der Waals surface area contributed by atoms with Gasteiger partial charge in [-0.1, -0.05) is 6.92 Å². The van der Waals surface area contributed by atoms with E-state index in [2.05, 4.69) is 67.8 Å². The largest absolute Gasteiger partial charge is 0.426 e. The van der Waals surface area contributed by atoms with Crippen molar-refractivity contribution in [2.24, 2.45) is 5.92 Å². The van der Waals surface area contributed by atoms with E-state index in [9.17, 15) is 22.6 Å². The van der Waals surface area contributed by atoms with E-state index in [-0.39, 0.29) is 24.2 Å². The Hall–Kier alpha value is 0.940. The van der Waals surface area contributed by atoms with Gasteiger partial charge in [0, 0.05) is 10.7 Å². The molecule has 0 aliphatic heterocycles. The predicted octanol–water partition coefficient (Wildman–Crippen LogP) is 5.49. The van der Waals surface area contributed by atoms with Crippen molar-refractivity contribution < 1.29 is 32.0 Å². The van der Waals surface area contributed by atoms with Crippen molar-refractivity contribution in [2.75, 3.05) is 0 Å².